The Bertz CT molecular complexity index is 3480. The van der Waals surface area contributed by atoms with E-state index in [4.69, 9.17) is 14.3 Å². The van der Waals surface area contributed by atoms with Crippen LogP contribution in [0.4, 0.5) is 87.8 Å². The summed E-state index contributed by atoms with van der Waals surface area (Å²) in [5.41, 5.74) is -3.99. The maximum atomic E-state index is 15.4. The van der Waals surface area contributed by atoms with E-state index in [0.717, 1.165) is 16.9 Å². The van der Waals surface area contributed by atoms with Gasteiger partial charge in [0, 0.05) is 70.4 Å². The van der Waals surface area contributed by atoms with Crippen molar-refractivity contribution in [2.75, 3.05) is 0 Å². The molecule has 7 rings (SSSR count). The molecule has 0 radical (unpaired) electrons. The predicted octanol–water partition coefficient (Wildman–Crippen LogP) is 13.7. The summed E-state index contributed by atoms with van der Waals surface area (Å²) >= 11 is 0. The Morgan fingerprint density at radius 1 is 0.227 bits per heavy atom. The molecule has 0 N–H and O–H groups in total. The number of aromatic nitrogens is 6. The quantitative estimate of drug-likeness (QED) is 0.0363. The van der Waals surface area contributed by atoms with Crippen LogP contribution < -0.4 is 38.7 Å². The molecule has 0 spiro atoms. The Hall–Kier alpha value is -7.00. The Balaban J connectivity index is 0.000000281. The molecule has 3 aromatic heterocycles. The minimum Gasteiger partial charge on any atom is -0.309 e. The fraction of sp³-hybridized carbons (Fsp3) is 0.421. The average Bonchev–Trinajstić information content (AvgIpc) is 0.913. The molecule has 0 atom stereocenters. The summed E-state index contributed by atoms with van der Waals surface area (Å²) in [5.74, 6) is -71.4. The van der Waals surface area contributed by atoms with E-state index >= 15 is 35.1 Å². The van der Waals surface area contributed by atoms with Crippen LogP contribution in [0.15, 0.2) is 14.3 Å². The van der Waals surface area contributed by atoms with Gasteiger partial charge in [-0.25, -0.2) is 87.8 Å². The van der Waals surface area contributed by atoms with Gasteiger partial charge >= 0.3 is 8.37 Å². The van der Waals surface area contributed by atoms with Gasteiger partial charge < -0.3 is 27.4 Å². The number of nitrogens with zero attached hydrogens (tertiary/aromatic N) is 9. The summed E-state index contributed by atoms with van der Waals surface area (Å²) in [5, 5.41) is 0. The maximum absolute atomic E-state index is 15.4. The number of benzene rings is 4. The molecule has 0 aliphatic carbocycles. The highest BCUT2D eigenvalue weighted by molar-refractivity contribution is 7.52. The van der Waals surface area contributed by atoms with Crippen molar-refractivity contribution in [2.24, 2.45) is 14.3 Å². The number of imidazole rings is 3. The molecule has 0 aliphatic heterocycles. The first kappa shape index (κ1) is 70.1. The van der Waals surface area contributed by atoms with Gasteiger partial charge in [0.15, 0.2) is 69.8 Å². The zero-order chi connectivity index (χ0) is 67.2. The number of hydrogen-bond donors (Lipinski definition) is 0. The van der Waals surface area contributed by atoms with Gasteiger partial charge in [-0.3, -0.25) is 0 Å². The molecule has 0 saturated carbocycles. The second kappa shape index (κ2) is 25.5. The van der Waals surface area contributed by atoms with E-state index in [-0.39, 0.29) is 36.3 Å². The fourth-order valence-electron chi connectivity index (χ4n) is 11.5. The second-order valence-electron chi connectivity index (χ2n) is 22.6. The molecule has 3 heterocycles. The van der Waals surface area contributed by atoms with Crippen LogP contribution in [0.5, 0.6) is 0 Å². The minimum absolute atomic E-state index is 0.259. The van der Waals surface area contributed by atoms with Crippen molar-refractivity contribution in [3.63, 3.8) is 0 Å². The monoisotopic (exact) mass is 1290 g/mol. The molecule has 9 nitrogen and oxygen atoms in total. The lowest BCUT2D eigenvalue weighted by molar-refractivity contribution is 0.378. The van der Waals surface area contributed by atoms with E-state index < -0.39 is 153 Å². The molecular weight excluding hydrogens is 1230 g/mol. The van der Waals surface area contributed by atoms with Crippen LogP contribution in [0.3, 0.4) is 0 Å². The summed E-state index contributed by atoms with van der Waals surface area (Å²) in [6.45, 7) is 40.1. The zero-order valence-corrected chi connectivity index (χ0v) is 51.6. The summed E-state index contributed by atoms with van der Waals surface area (Å²) in [6.07, 6.45) is -7.22. The van der Waals surface area contributed by atoms with Crippen molar-refractivity contribution in [2.45, 2.75) is 161 Å². The lowest BCUT2D eigenvalue weighted by Crippen LogP contribution is -2.81. The maximum Gasteiger partial charge on any atom is 0.365 e. The molecule has 0 bridgehead atoms. The lowest BCUT2D eigenvalue weighted by atomic mass is 9.12. The fourth-order valence-corrected chi connectivity index (χ4v) is 12.9. The second-order valence-corrected chi connectivity index (χ2v) is 23.9. The van der Waals surface area contributed by atoms with Gasteiger partial charge in [0.25, 0.3) is 16.9 Å². The van der Waals surface area contributed by atoms with E-state index in [0.29, 0.717) is 0 Å². The van der Waals surface area contributed by atoms with Crippen LogP contribution in [0.2, 0.25) is 0 Å². The standard InChI is InChI=1S/C33H60N9P.C24BF20/c1-19(2)37-25(13)26(14)38(20(3)4)31(37)34-43(35-32-39(21(5)6)27(15)28(16)40(32)22(7)8)36-33-41(23(9)10)29(17)30(18)42(33)24(11)12;26-5-1(6(27)14(35)21(42)13(5)34)25(2-7(28)15(36)22(43)16(37)8(2)29,3-9(30)17(38)23(44)18(39)10(3)31)4-11(32)19(40)24(45)20(41)12(4)33/h19-24H,1-18H3;/q;-1/p+1. The first-order valence-corrected chi connectivity index (χ1v) is 28.5. The first-order chi connectivity index (χ1) is 40.5. The zero-order valence-electron chi connectivity index (χ0n) is 50.6. The highest BCUT2D eigenvalue weighted by atomic mass is 31.1. The highest BCUT2D eigenvalue weighted by Gasteiger charge is 2.52. The number of halogens is 20. The summed E-state index contributed by atoms with van der Waals surface area (Å²) < 4.78 is 325. The largest absolute Gasteiger partial charge is 0.365 e. The van der Waals surface area contributed by atoms with Crippen molar-refractivity contribution in [1.82, 2.24) is 27.4 Å². The van der Waals surface area contributed by atoms with Gasteiger partial charge in [0.05, 0.1) is 0 Å². The van der Waals surface area contributed by atoms with Gasteiger partial charge in [0.2, 0.25) is 0 Å². The highest BCUT2D eigenvalue weighted by Crippen LogP contribution is 2.40. The number of rotatable bonds is 13. The van der Waals surface area contributed by atoms with Crippen molar-refractivity contribution >= 4 is 36.4 Å². The lowest BCUT2D eigenvalue weighted by Gasteiger charge is -2.44. The van der Waals surface area contributed by atoms with Crippen LogP contribution in [-0.2, 0) is 0 Å². The first-order valence-electron chi connectivity index (χ1n) is 27.2. The molecule has 0 unspecified atom stereocenters. The van der Waals surface area contributed by atoms with Crippen LogP contribution in [0, 0.1) is 158 Å². The van der Waals surface area contributed by atoms with Gasteiger partial charge in [0.1, 0.15) is 52.7 Å². The topological polar surface area (TPSA) is 66.7 Å². The average molecular weight is 1290 g/mol. The summed E-state index contributed by atoms with van der Waals surface area (Å²) in [4.78, 5) is 0. The minimum atomic E-state index is -7.22. The third-order valence-electron chi connectivity index (χ3n) is 15.4. The third-order valence-corrected chi connectivity index (χ3v) is 16.6. The van der Waals surface area contributed by atoms with Crippen molar-refractivity contribution in [3.8, 4) is 0 Å². The van der Waals surface area contributed by atoms with E-state index in [9.17, 15) is 52.7 Å². The third kappa shape index (κ3) is 11.0. The Morgan fingerprint density at radius 2 is 0.341 bits per heavy atom. The SMILES string of the molecule is Cc1c(C)n(C(C)C)c(=N[PH+](N=c2n(C(C)C)c(C)c(C)n2C(C)C)N=c2n(C(C)C)c(C)c(C)n2C(C)C)n1C(C)C.Fc1c(F)c(F)c([B-](c2c(F)c(F)c(F)c(F)c2F)(c2c(F)c(F)c(F)c(F)c2F)c2c(F)c(F)c(F)c(F)c2F)c(F)c1F. The van der Waals surface area contributed by atoms with Crippen molar-refractivity contribution in [1.29, 1.82) is 0 Å². The Labute approximate surface area is 492 Å². The van der Waals surface area contributed by atoms with Crippen LogP contribution in [0.25, 0.3) is 0 Å². The molecule has 88 heavy (non-hydrogen) atoms. The van der Waals surface area contributed by atoms with Crippen LogP contribution >= 0.6 is 8.37 Å². The van der Waals surface area contributed by atoms with Crippen LogP contribution in [0.1, 0.15) is 153 Å². The molecular formula is C57H61BF20N9P. The molecule has 482 valence electrons. The Kier molecular flexibility index (Phi) is 20.3. The van der Waals surface area contributed by atoms with Crippen molar-refractivity contribution in [3.05, 3.63) is 167 Å². The van der Waals surface area contributed by atoms with E-state index in [1.54, 1.807) is 0 Å². The number of hydrogen-bond acceptors (Lipinski definition) is 3. The molecule has 7 aromatic rings. The normalized spacial score (nSPS) is 12.2. The molecule has 4 aromatic carbocycles. The Morgan fingerprint density at radius 3 is 0.455 bits per heavy atom. The van der Waals surface area contributed by atoms with Gasteiger partial charge in [-0.15, -0.1) is 21.9 Å². The molecule has 0 saturated heterocycles. The smallest absolute Gasteiger partial charge is 0.309 e. The molecule has 0 fully saturated rings. The van der Waals surface area contributed by atoms with E-state index in [1.807, 2.05) is 0 Å². The van der Waals surface area contributed by atoms with E-state index in [1.165, 1.54) is 34.2 Å². The molecule has 0 amide bonds. The summed E-state index contributed by atoms with van der Waals surface area (Å²) in [7, 11) is -2.09. The van der Waals surface area contributed by atoms with E-state index in [2.05, 4.69) is 152 Å². The predicted molar refractivity (Wildman–Crippen MR) is 292 cm³/mol. The summed E-state index contributed by atoms with van der Waals surface area (Å²) in [6, 6.07) is 1.56. The van der Waals surface area contributed by atoms with Crippen molar-refractivity contribution < 1.29 is 87.8 Å². The van der Waals surface area contributed by atoms with Gasteiger partial charge in [-0.2, -0.15) is 0 Å². The molecule has 0 aliphatic rings. The molecule has 31 heteroatoms. The van der Waals surface area contributed by atoms with Gasteiger partial charge in [-0.1, -0.05) is 0 Å². The van der Waals surface area contributed by atoms with Crippen LogP contribution in [-0.4, -0.2) is 33.5 Å². The van der Waals surface area contributed by atoms with Gasteiger partial charge in [-0.05, 0) is 139 Å².